The highest BCUT2D eigenvalue weighted by atomic mass is 32.5. The van der Waals surface area contributed by atoms with E-state index in [0.717, 1.165) is 0 Å². The van der Waals surface area contributed by atoms with Crippen LogP contribution in [0.25, 0.3) is 0 Å². The molecule has 0 fully saturated rings. The molecule has 48 valence electrons. The Morgan fingerprint density at radius 1 is 1.14 bits per heavy atom. The van der Waals surface area contributed by atoms with Gasteiger partial charge in [-0.15, -0.1) is 0 Å². The quantitative estimate of drug-likeness (QED) is 0.458. The summed E-state index contributed by atoms with van der Waals surface area (Å²) in [5, 5.41) is 0. The molecule has 0 radical (unpaired) electrons. The summed E-state index contributed by atoms with van der Waals surface area (Å²) in [5.74, 6) is 0. The predicted molar refractivity (Wildman–Crippen MR) is 19.1 cm³/mol. The molecular weight excluding hydrogens is 139 g/mol. The van der Waals surface area contributed by atoms with Gasteiger partial charge in [0.15, 0.2) is 0 Å². The van der Waals surface area contributed by atoms with Crippen LogP contribution < -0.4 is 0 Å². The van der Waals surface area contributed by atoms with E-state index in [1.807, 2.05) is 0 Å². The van der Waals surface area contributed by atoms with Crippen LogP contribution in [0.2, 0.25) is 0 Å². The van der Waals surface area contributed by atoms with Crippen molar-refractivity contribution in [3.8, 4) is 0 Å². The van der Waals surface area contributed by atoms with Gasteiger partial charge < -0.3 is 0 Å². The first-order valence-corrected chi connectivity index (χ1v) is 3.18. The minimum absolute atomic E-state index is 2.76. The van der Waals surface area contributed by atoms with Crippen molar-refractivity contribution in [1.82, 2.24) is 0 Å². The highest BCUT2D eigenvalue weighted by Gasteiger charge is 2.57. The molecular formula is CH3F5S. The minimum Gasteiger partial charge on any atom is -0.0981 e. The van der Waals surface area contributed by atoms with E-state index in [-0.39, 0.29) is 0 Å². The third-order valence-electron chi connectivity index (χ3n) is 0. The third kappa shape index (κ3) is 31200000000000001530127419694907392. The molecule has 0 aliphatic rings. The van der Waals surface area contributed by atoms with Crippen molar-refractivity contribution < 1.29 is 20.8 Å². The van der Waals surface area contributed by atoms with E-state index in [0.29, 0.717) is 0 Å². The van der Waals surface area contributed by atoms with E-state index in [1.54, 1.807) is 0 Å². The van der Waals surface area contributed by atoms with Gasteiger partial charge >= 0.3 is 0 Å². The summed E-state index contributed by atoms with van der Waals surface area (Å²) in [5.41, 5.74) is 0. The lowest BCUT2D eigenvalue weighted by Crippen LogP contribution is -1.99. The molecule has 0 spiro atoms. The van der Waals surface area contributed by atoms with Crippen LogP contribution in [0.15, 0.2) is 0 Å². The molecule has 0 aromatic heterocycles. The molecule has 0 saturated heterocycles. The standard InChI is InChI=1S/CH3F5S/c1-7(2,3,4,5)6/h1H3/i1T. The van der Waals surface area contributed by atoms with E-state index < -0.39 is 16.5 Å². The van der Waals surface area contributed by atoms with Crippen LogP contribution in [0.4, 0.5) is 19.4 Å². The summed E-state index contributed by atoms with van der Waals surface area (Å²) in [6.45, 7) is 0. The molecule has 0 bridgehead atoms. The number of hydrogen-bond acceptors (Lipinski definition) is 0. The number of halogens is 5. The van der Waals surface area contributed by atoms with Crippen molar-refractivity contribution >= 4 is 10.2 Å². The second-order valence-corrected chi connectivity index (χ2v) is 3.39. The minimum atomic E-state index is -9.33. The summed E-state index contributed by atoms with van der Waals surface area (Å²) in [4.78, 5) is 0. The van der Waals surface area contributed by atoms with Gasteiger partial charge in [0.25, 0.3) is 10.2 Å². The lowest BCUT2D eigenvalue weighted by molar-refractivity contribution is 0.377. The lowest BCUT2D eigenvalue weighted by Gasteiger charge is -2.35. The van der Waals surface area contributed by atoms with E-state index in [4.69, 9.17) is 1.37 Å². The summed E-state index contributed by atoms with van der Waals surface area (Å²) in [6.07, 6.45) is -2.76. The van der Waals surface area contributed by atoms with E-state index >= 15 is 0 Å². The molecule has 6 heteroatoms. The first-order valence-electron chi connectivity index (χ1n) is 1.77. The van der Waals surface area contributed by atoms with E-state index in [9.17, 15) is 19.4 Å². The molecule has 0 saturated carbocycles. The fraction of sp³-hybridized carbons (Fsp3) is 1.00. The van der Waals surface area contributed by atoms with Crippen molar-refractivity contribution in [1.29, 1.82) is 0 Å². The van der Waals surface area contributed by atoms with Gasteiger partial charge in [0.2, 0.25) is 0 Å². The molecule has 0 heterocycles. The zero-order chi connectivity index (χ0) is 7.12. The van der Waals surface area contributed by atoms with Gasteiger partial charge in [-0.25, -0.2) is 0 Å². The van der Waals surface area contributed by atoms with E-state index in [2.05, 4.69) is 0 Å². The monoisotopic (exact) mass is 144 g/mol. The molecule has 0 aliphatic heterocycles. The van der Waals surface area contributed by atoms with Crippen LogP contribution in [0.1, 0.15) is 1.37 Å². The van der Waals surface area contributed by atoms with Gasteiger partial charge in [-0.1, -0.05) is 19.4 Å². The average Bonchev–Trinajstić information content (AvgIpc) is 1.30. The number of rotatable bonds is 0. The summed E-state index contributed by atoms with van der Waals surface area (Å²) in [6, 6.07) is 0. The third-order valence-corrected chi connectivity index (χ3v) is 0. The SMILES string of the molecule is [3H]CS(F)(F)(F)(F)F. The Kier molecular flexibility index (Phi) is 0.490. The molecule has 0 N–H and O–H groups in total. The highest BCUT2D eigenvalue weighted by molar-refractivity contribution is 8.45. The average molecular weight is 144 g/mol. The van der Waals surface area contributed by atoms with Crippen molar-refractivity contribution in [3.05, 3.63) is 0 Å². The zero-order valence-corrected chi connectivity index (χ0v) is 3.82. The molecule has 0 amide bonds. The fourth-order valence-electron chi connectivity index (χ4n) is 0. The summed E-state index contributed by atoms with van der Waals surface area (Å²) >= 11 is 0. The largest absolute Gasteiger partial charge is 0.283 e. The fourth-order valence-corrected chi connectivity index (χ4v) is 0. The number of hydrogen-bond donors (Lipinski definition) is 0. The van der Waals surface area contributed by atoms with Crippen LogP contribution in [0, 0.1) is 0 Å². The molecule has 0 atom stereocenters. The van der Waals surface area contributed by atoms with Gasteiger partial charge in [-0.05, 0) is 0 Å². The summed E-state index contributed by atoms with van der Waals surface area (Å²) in [7, 11) is -9.33. The molecule has 0 aromatic rings. The van der Waals surface area contributed by atoms with Crippen molar-refractivity contribution in [2.24, 2.45) is 0 Å². The maximum atomic E-state index is 10.8. The van der Waals surface area contributed by atoms with Crippen LogP contribution in [-0.4, -0.2) is 6.23 Å². The smallest absolute Gasteiger partial charge is 0.0981 e. The van der Waals surface area contributed by atoms with Gasteiger partial charge in [-0.2, -0.15) is 0 Å². The summed E-state index contributed by atoms with van der Waals surface area (Å²) < 4.78 is 59.2. The predicted octanol–water partition coefficient (Wildman–Crippen LogP) is 2.91. The Bertz CT molecular complexity index is 95.6. The molecule has 0 nitrogen and oxygen atoms in total. The van der Waals surface area contributed by atoms with Crippen molar-refractivity contribution in [2.45, 2.75) is 0 Å². The van der Waals surface area contributed by atoms with Gasteiger partial charge in [-0.3, -0.25) is 0 Å². The molecule has 7 heavy (non-hydrogen) atoms. The Balaban J connectivity index is 4.50. The first kappa shape index (κ1) is 5.14. The van der Waals surface area contributed by atoms with Crippen LogP contribution in [-0.2, 0) is 0 Å². The Morgan fingerprint density at radius 2 is 1.29 bits per heavy atom. The Hall–Kier alpha value is -0.0000000000000000555. The van der Waals surface area contributed by atoms with Crippen molar-refractivity contribution in [2.75, 3.05) is 6.23 Å². The van der Waals surface area contributed by atoms with E-state index in [1.165, 1.54) is 0 Å². The lowest BCUT2D eigenvalue weighted by atomic mass is 12.0. The second kappa shape index (κ2) is 0.667. The highest BCUT2D eigenvalue weighted by Crippen LogP contribution is 2.95. The normalized spacial score (nSPS) is 25.0. The van der Waals surface area contributed by atoms with Crippen LogP contribution >= 0.6 is 10.2 Å². The maximum Gasteiger partial charge on any atom is 0.283 e. The van der Waals surface area contributed by atoms with Crippen LogP contribution in [0.3, 0.4) is 0 Å². The maximum absolute atomic E-state index is 10.8. The molecule has 0 rings (SSSR count). The Morgan fingerprint density at radius 3 is 1.29 bits per heavy atom. The van der Waals surface area contributed by atoms with Crippen molar-refractivity contribution in [3.63, 3.8) is 0 Å². The molecule has 0 unspecified atom stereocenters. The second-order valence-electron chi connectivity index (χ2n) is 1.13. The van der Waals surface area contributed by atoms with Gasteiger partial charge in [0, 0.05) is 1.37 Å². The van der Waals surface area contributed by atoms with Gasteiger partial charge in [0.05, 0.1) is 6.23 Å². The van der Waals surface area contributed by atoms with Crippen LogP contribution in [0.5, 0.6) is 0 Å². The molecule has 0 aliphatic carbocycles. The zero-order valence-electron chi connectivity index (χ0n) is 4.01. The first-order chi connectivity index (χ1) is 3.04. The molecule has 0 aromatic carbocycles. The Labute approximate surface area is 38.4 Å². The topological polar surface area (TPSA) is 0 Å². The van der Waals surface area contributed by atoms with Gasteiger partial charge in [0.1, 0.15) is 0 Å².